The van der Waals surface area contributed by atoms with Gasteiger partial charge in [-0.1, -0.05) is 18.1 Å². The number of pyridine rings is 1. The molecule has 1 aromatic carbocycles. The highest BCUT2D eigenvalue weighted by Gasteiger charge is 2.09. The van der Waals surface area contributed by atoms with Crippen molar-refractivity contribution >= 4 is 5.91 Å². The molecule has 0 aliphatic heterocycles. The lowest BCUT2D eigenvalue weighted by molar-refractivity contribution is 0.0951. The number of benzene rings is 1. The zero-order chi connectivity index (χ0) is 22.5. The highest BCUT2D eigenvalue weighted by molar-refractivity contribution is 5.94. The van der Waals surface area contributed by atoms with Crippen molar-refractivity contribution in [3.05, 3.63) is 82.9 Å². The van der Waals surface area contributed by atoms with Gasteiger partial charge in [-0.2, -0.15) is 10.1 Å². The molecule has 32 heavy (non-hydrogen) atoms. The summed E-state index contributed by atoms with van der Waals surface area (Å²) in [6.45, 7) is 6.45. The van der Waals surface area contributed by atoms with Crippen molar-refractivity contribution in [1.29, 1.82) is 0 Å². The molecule has 4 aromatic rings. The average molecular weight is 432 g/mol. The summed E-state index contributed by atoms with van der Waals surface area (Å²) in [4.78, 5) is 21.1. The Balaban J connectivity index is 1.29. The summed E-state index contributed by atoms with van der Waals surface area (Å²) in [5.74, 6) is 2.25. The lowest BCUT2D eigenvalue weighted by Gasteiger charge is -2.08. The molecule has 1 N–H and O–H groups in total. The molecule has 0 aliphatic rings. The molecule has 3 aromatic heterocycles. The predicted molar refractivity (Wildman–Crippen MR) is 116 cm³/mol. The Morgan fingerprint density at radius 3 is 2.59 bits per heavy atom. The van der Waals surface area contributed by atoms with Crippen LogP contribution in [-0.4, -0.2) is 30.8 Å². The zero-order valence-electron chi connectivity index (χ0n) is 18.2. The van der Waals surface area contributed by atoms with Crippen LogP contribution in [0.1, 0.15) is 45.9 Å². The van der Waals surface area contributed by atoms with E-state index in [0.717, 1.165) is 22.8 Å². The van der Waals surface area contributed by atoms with Crippen molar-refractivity contribution in [2.24, 2.45) is 0 Å². The van der Waals surface area contributed by atoms with Crippen molar-refractivity contribution < 1.29 is 14.1 Å². The van der Waals surface area contributed by atoms with E-state index in [9.17, 15) is 4.79 Å². The number of nitrogens with zero attached hydrogens (tertiary/aromatic N) is 5. The van der Waals surface area contributed by atoms with Crippen molar-refractivity contribution in [2.45, 2.75) is 40.3 Å². The molecule has 0 saturated heterocycles. The Morgan fingerprint density at radius 2 is 1.97 bits per heavy atom. The fourth-order valence-electron chi connectivity index (χ4n) is 3.13. The van der Waals surface area contributed by atoms with Crippen LogP contribution in [0.5, 0.6) is 5.75 Å². The first-order valence-electron chi connectivity index (χ1n) is 10.3. The number of carbonyl (C=O) groups excluding carboxylic acids is 1. The van der Waals surface area contributed by atoms with Gasteiger partial charge in [0.15, 0.2) is 12.4 Å². The third-order valence-electron chi connectivity index (χ3n) is 4.79. The van der Waals surface area contributed by atoms with Gasteiger partial charge in [0.05, 0.1) is 5.69 Å². The fourth-order valence-corrected chi connectivity index (χ4v) is 3.13. The molecule has 0 fully saturated rings. The second kappa shape index (κ2) is 9.42. The first-order valence-corrected chi connectivity index (χ1v) is 10.3. The molecular formula is C23H24N6O3. The van der Waals surface area contributed by atoms with Gasteiger partial charge in [-0.05, 0) is 55.8 Å². The summed E-state index contributed by atoms with van der Waals surface area (Å²) in [5, 5.41) is 11.2. The van der Waals surface area contributed by atoms with Crippen molar-refractivity contribution in [3.63, 3.8) is 0 Å². The standard InChI is InChI=1S/C23H24N6O3/c1-4-22-26-20(28-32-22)14-31-19-8-6-18(7-9-19)23(30)25-13-17-5-10-21(24-12-17)29-16(3)11-15(2)27-29/h5-12H,4,13-14H2,1-3H3,(H,25,30). The van der Waals surface area contributed by atoms with Crippen LogP contribution in [0.25, 0.3) is 5.82 Å². The maximum atomic E-state index is 12.5. The summed E-state index contributed by atoms with van der Waals surface area (Å²) in [7, 11) is 0. The Hall–Kier alpha value is -4.01. The Kier molecular flexibility index (Phi) is 6.25. The Bertz CT molecular complexity index is 1200. The molecule has 0 aliphatic carbocycles. The minimum absolute atomic E-state index is 0.176. The molecule has 9 nitrogen and oxygen atoms in total. The number of amides is 1. The minimum Gasteiger partial charge on any atom is -0.485 e. The molecule has 0 atom stereocenters. The van der Waals surface area contributed by atoms with Crippen molar-refractivity contribution in [3.8, 4) is 11.6 Å². The molecule has 0 bridgehead atoms. The van der Waals surface area contributed by atoms with E-state index in [4.69, 9.17) is 9.26 Å². The quantitative estimate of drug-likeness (QED) is 0.455. The predicted octanol–water partition coefficient (Wildman–Crippen LogP) is 3.34. The molecule has 9 heteroatoms. The van der Waals surface area contributed by atoms with E-state index < -0.39 is 0 Å². The van der Waals surface area contributed by atoms with E-state index in [-0.39, 0.29) is 12.5 Å². The van der Waals surface area contributed by atoms with Gasteiger partial charge in [0.2, 0.25) is 11.7 Å². The normalized spacial score (nSPS) is 10.8. The van der Waals surface area contributed by atoms with Gasteiger partial charge < -0.3 is 14.6 Å². The van der Waals surface area contributed by atoms with E-state index in [1.807, 2.05) is 39.0 Å². The minimum atomic E-state index is -0.176. The number of hydrogen-bond donors (Lipinski definition) is 1. The highest BCUT2D eigenvalue weighted by atomic mass is 16.5. The highest BCUT2D eigenvalue weighted by Crippen LogP contribution is 2.14. The summed E-state index contributed by atoms with van der Waals surface area (Å²) < 4.78 is 12.5. The first kappa shape index (κ1) is 21.2. The summed E-state index contributed by atoms with van der Waals surface area (Å²) in [5.41, 5.74) is 3.40. The average Bonchev–Trinajstić information content (AvgIpc) is 3.42. The van der Waals surface area contributed by atoms with Gasteiger partial charge in [-0.25, -0.2) is 9.67 Å². The molecule has 3 heterocycles. The molecule has 0 saturated carbocycles. The largest absolute Gasteiger partial charge is 0.485 e. The summed E-state index contributed by atoms with van der Waals surface area (Å²) >= 11 is 0. The van der Waals surface area contributed by atoms with Gasteiger partial charge in [-0.15, -0.1) is 0 Å². The van der Waals surface area contributed by atoms with Crippen LogP contribution in [0.4, 0.5) is 0 Å². The number of ether oxygens (including phenoxy) is 1. The van der Waals surface area contributed by atoms with Crippen LogP contribution in [0.3, 0.4) is 0 Å². The zero-order valence-corrected chi connectivity index (χ0v) is 18.2. The van der Waals surface area contributed by atoms with Crippen LogP contribution in [0, 0.1) is 13.8 Å². The fraction of sp³-hybridized carbons (Fsp3) is 0.261. The Labute approximate surface area is 185 Å². The molecule has 0 unspecified atom stereocenters. The van der Waals surface area contributed by atoms with E-state index in [2.05, 4.69) is 25.5 Å². The number of hydrogen-bond acceptors (Lipinski definition) is 7. The lowest BCUT2D eigenvalue weighted by atomic mass is 10.2. The molecule has 4 rings (SSSR count). The van der Waals surface area contributed by atoms with Gasteiger partial charge in [-0.3, -0.25) is 4.79 Å². The summed E-state index contributed by atoms with van der Waals surface area (Å²) in [6, 6.07) is 12.7. The second-order valence-electron chi connectivity index (χ2n) is 7.32. The van der Waals surface area contributed by atoms with E-state index >= 15 is 0 Å². The number of aryl methyl sites for hydroxylation is 3. The number of nitrogens with one attached hydrogen (secondary N) is 1. The topological polar surface area (TPSA) is 108 Å². The van der Waals surface area contributed by atoms with Crippen LogP contribution < -0.4 is 10.1 Å². The monoisotopic (exact) mass is 432 g/mol. The van der Waals surface area contributed by atoms with Gasteiger partial charge in [0.25, 0.3) is 5.91 Å². The number of carbonyl (C=O) groups is 1. The van der Waals surface area contributed by atoms with Crippen molar-refractivity contribution in [1.82, 2.24) is 30.2 Å². The third-order valence-corrected chi connectivity index (χ3v) is 4.79. The molecule has 0 spiro atoms. The second-order valence-corrected chi connectivity index (χ2v) is 7.32. The molecule has 164 valence electrons. The molecule has 0 radical (unpaired) electrons. The first-order chi connectivity index (χ1) is 15.5. The lowest BCUT2D eigenvalue weighted by Crippen LogP contribution is -2.22. The third kappa shape index (κ3) is 5.00. The Morgan fingerprint density at radius 1 is 1.16 bits per heavy atom. The number of rotatable bonds is 8. The van der Waals surface area contributed by atoms with Crippen molar-refractivity contribution in [2.75, 3.05) is 0 Å². The van der Waals surface area contributed by atoms with Crippen LogP contribution in [0.15, 0.2) is 53.2 Å². The molecular weight excluding hydrogens is 408 g/mol. The van der Waals surface area contributed by atoms with E-state index in [0.29, 0.717) is 36.0 Å². The smallest absolute Gasteiger partial charge is 0.251 e. The molecule has 1 amide bonds. The maximum absolute atomic E-state index is 12.5. The van der Waals surface area contributed by atoms with Gasteiger partial charge >= 0.3 is 0 Å². The SMILES string of the molecule is CCc1nc(COc2ccc(C(=O)NCc3ccc(-n4nc(C)cc4C)nc3)cc2)no1. The van der Waals surface area contributed by atoms with Crippen LogP contribution in [0.2, 0.25) is 0 Å². The maximum Gasteiger partial charge on any atom is 0.251 e. The van der Waals surface area contributed by atoms with Crippen LogP contribution >= 0.6 is 0 Å². The van der Waals surface area contributed by atoms with E-state index in [1.165, 1.54) is 0 Å². The van der Waals surface area contributed by atoms with Gasteiger partial charge in [0, 0.05) is 30.4 Å². The summed E-state index contributed by atoms with van der Waals surface area (Å²) in [6.07, 6.45) is 2.42. The van der Waals surface area contributed by atoms with Crippen LogP contribution in [-0.2, 0) is 19.6 Å². The number of aromatic nitrogens is 5. The van der Waals surface area contributed by atoms with Gasteiger partial charge in [0.1, 0.15) is 5.75 Å². The van der Waals surface area contributed by atoms with E-state index in [1.54, 1.807) is 35.1 Å².